The zero-order valence-electron chi connectivity index (χ0n) is 17.9. The van der Waals surface area contributed by atoms with Crippen LogP contribution in [0.2, 0.25) is 0 Å². The van der Waals surface area contributed by atoms with Crippen molar-refractivity contribution in [2.45, 2.75) is 30.8 Å². The van der Waals surface area contributed by atoms with Crippen LogP contribution in [0, 0.1) is 6.92 Å². The van der Waals surface area contributed by atoms with Crippen molar-refractivity contribution in [2.75, 3.05) is 31.4 Å². The summed E-state index contributed by atoms with van der Waals surface area (Å²) in [5.74, 6) is 1.78. The molecule has 3 aromatic rings. The van der Waals surface area contributed by atoms with Gasteiger partial charge in [-0.3, -0.25) is 4.79 Å². The van der Waals surface area contributed by atoms with Gasteiger partial charge in [0, 0.05) is 19.1 Å². The second-order valence-corrected chi connectivity index (χ2v) is 8.22. The number of piperidine rings is 1. The lowest BCUT2D eigenvalue weighted by atomic mass is 10.0. The average Bonchev–Trinajstić information content (AvgIpc) is 3.33. The van der Waals surface area contributed by atoms with Gasteiger partial charge in [-0.1, -0.05) is 12.1 Å². The maximum Gasteiger partial charge on any atom is 0.256 e. The first-order chi connectivity index (χ1) is 15.1. The van der Waals surface area contributed by atoms with Crippen LogP contribution in [0.3, 0.4) is 0 Å². The Morgan fingerprint density at radius 2 is 2.10 bits per heavy atom. The van der Waals surface area contributed by atoms with Gasteiger partial charge in [-0.15, -0.1) is 11.8 Å². The third-order valence-electron chi connectivity index (χ3n) is 5.40. The number of furan rings is 1. The average molecular weight is 439 g/mol. The number of carbonyl (C=O) groups is 1. The fraction of sp³-hybridized carbons (Fsp3) is 0.348. The molecule has 8 heteroatoms. The molecule has 1 aromatic carbocycles. The van der Waals surface area contributed by atoms with Crippen LogP contribution in [0.4, 0.5) is 5.69 Å². The number of thioether (sulfide) groups is 1. The summed E-state index contributed by atoms with van der Waals surface area (Å²) in [6.45, 7) is 3.50. The number of methoxy groups -OCH3 is 1. The highest BCUT2D eigenvalue weighted by Gasteiger charge is 2.26. The summed E-state index contributed by atoms with van der Waals surface area (Å²) >= 11 is 1.43. The highest BCUT2D eigenvalue weighted by Crippen LogP contribution is 2.30. The number of anilines is 1. The molecule has 2 aromatic heterocycles. The Morgan fingerprint density at radius 1 is 1.26 bits per heavy atom. The van der Waals surface area contributed by atoms with E-state index in [1.807, 2.05) is 37.4 Å². The van der Waals surface area contributed by atoms with E-state index in [1.165, 1.54) is 11.8 Å². The molecule has 0 aliphatic carbocycles. The van der Waals surface area contributed by atoms with E-state index in [2.05, 4.69) is 26.3 Å². The van der Waals surface area contributed by atoms with Crippen LogP contribution in [-0.4, -0.2) is 48.4 Å². The summed E-state index contributed by atoms with van der Waals surface area (Å²) in [7, 11) is 1.68. The summed E-state index contributed by atoms with van der Waals surface area (Å²) in [4.78, 5) is 24.6. The van der Waals surface area contributed by atoms with E-state index in [-0.39, 0.29) is 11.9 Å². The fourth-order valence-corrected chi connectivity index (χ4v) is 4.56. The molecule has 1 atom stereocenters. The summed E-state index contributed by atoms with van der Waals surface area (Å²) in [6, 6.07) is 11.6. The SMILES string of the molecule is COc1ccccc1N1CCCC(NC(=O)c2c(C)nc(-c3ccco3)nc2SC)C1. The summed E-state index contributed by atoms with van der Waals surface area (Å²) in [5, 5.41) is 3.85. The van der Waals surface area contributed by atoms with Gasteiger partial charge >= 0.3 is 0 Å². The molecule has 0 radical (unpaired) electrons. The van der Waals surface area contributed by atoms with E-state index in [0.717, 1.165) is 37.4 Å². The number of benzene rings is 1. The molecule has 1 aliphatic heterocycles. The van der Waals surface area contributed by atoms with Crippen LogP contribution < -0.4 is 15.0 Å². The monoisotopic (exact) mass is 438 g/mol. The Hall–Kier alpha value is -3.00. The number of nitrogens with zero attached hydrogens (tertiary/aromatic N) is 3. The minimum atomic E-state index is -0.139. The zero-order chi connectivity index (χ0) is 21.8. The van der Waals surface area contributed by atoms with Crippen molar-refractivity contribution < 1.29 is 13.9 Å². The number of aryl methyl sites for hydroxylation is 1. The van der Waals surface area contributed by atoms with Gasteiger partial charge in [0.05, 0.1) is 30.3 Å². The zero-order valence-corrected chi connectivity index (χ0v) is 18.7. The van der Waals surface area contributed by atoms with Crippen LogP contribution in [0.25, 0.3) is 11.6 Å². The van der Waals surface area contributed by atoms with E-state index in [1.54, 1.807) is 19.4 Å². The topological polar surface area (TPSA) is 80.5 Å². The molecule has 1 fully saturated rings. The number of rotatable bonds is 6. The predicted octanol–water partition coefficient (Wildman–Crippen LogP) is 4.17. The molecule has 0 saturated carbocycles. The standard InChI is InChI=1S/C23H26N4O3S/c1-15-20(23(31-3)26-21(24-15)19-11-7-13-30-19)22(28)25-16-8-6-12-27(14-16)17-9-4-5-10-18(17)29-2/h4-5,7,9-11,13,16H,6,8,12,14H2,1-3H3,(H,25,28). The second-order valence-electron chi connectivity index (χ2n) is 7.42. The van der Waals surface area contributed by atoms with E-state index < -0.39 is 0 Å². The van der Waals surface area contributed by atoms with Gasteiger partial charge in [0.15, 0.2) is 11.6 Å². The number of para-hydroxylation sites is 2. The number of amides is 1. The van der Waals surface area contributed by atoms with Gasteiger partial charge in [0.2, 0.25) is 0 Å². The van der Waals surface area contributed by atoms with Crippen molar-refractivity contribution in [3.63, 3.8) is 0 Å². The Bertz CT molecular complexity index is 1050. The van der Waals surface area contributed by atoms with E-state index >= 15 is 0 Å². The molecule has 7 nitrogen and oxygen atoms in total. The second kappa shape index (κ2) is 9.43. The van der Waals surface area contributed by atoms with Crippen LogP contribution >= 0.6 is 11.8 Å². The van der Waals surface area contributed by atoms with Gasteiger partial charge in [0.1, 0.15) is 10.8 Å². The minimum absolute atomic E-state index is 0.0324. The molecule has 3 heterocycles. The van der Waals surface area contributed by atoms with Gasteiger partial charge in [-0.2, -0.15) is 0 Å². The van der Waals surface area contributed by atoms with Gasteiger partial charge in [-0.25, -0.2) is 9.97 Å². The molecule has 0 bridgehead atoms. The normalized spacial score (nSPS) is 16.2. The maximum absolute atomic E-state index is 13.2. The molecule has 31 heavy (non-hydrogen) atoms. The van der Waals surface area contributed by atoms with Crippen molar-refractivity contribution in [1.82, 2.24) is 15.3 Å². The molecule has 1 N–H and O–H groups in total. The van der Waals surface area contributed by atoms with E-state index in [9.17, 15) is 4.79 Å². The van der Waals surface area contributed by atoms with E-state index in [4.69, 9.17) is 9.15 Å². The van der Waals surface area contributed by atoms with Gasteiger partial charge in [0.25, 0.3) is 5.91 Å². The number of nitrogens with one attached hydrogen (secondary N) is 1. The molecule has 1 amide bonds. The van der Waals surface area contributed by atoms with Crippen molar-refractivity contribution in [3.05, 3.63) is 53.9 Å². The summed E-state index contributed by atoms with van der Waals surface area (Å²) in [6.07, 6.45) is 5.42. The molecular formula is C23H26N4O3S. The molecule has 1 saturated heterocycles. The van der Waals surface area contributed by atoms with Crippen molar-refractivity contribution >= 4 is 23.4 Å². The third kappa shape index (κ3) is 4.54. The fourth-order valence-electron chi connectivity index (χ4n) is 3.93. The number of aromatic nitrogens is 2. The number of hydrogen-bond donors (Lipinski definition) is 1. The highest BCUT2D eigenvalue weighted by molar-refractivity contribution is 7.98. The van der Waals surface area contributed by atoms with Crippen molar-refractivity contribution in [1.29, 1.82) is 0 Å². The minimum Gasteiger partial charge on any atom is -0.495 e. The predicted molar refractivity (Wildman–Crippen MR) is 122 cm³/mol. The molecular weight excluding hydrogens is 412 g/mol. The Morgan fingerprint density at radius 3 is 2.84 bits per heavy atom. The Balaban J connectivity index is 1.52. The largest absolute Gasteiger partial charge is 0.495 e. The Kier molecular flexibility index (Phi) is 6.46. The molecule has 162 valence electrons. The molecule has 1 unspecified atom stereocenters. The third-order valence-corrected chi connectivity index (χ3v) is 6.08. The van der Waals surface area contributed by atoms with E-state index in [0.29, 0.717) is 27.9 Å². The van der Waals surface area contributed by atoms with Gasteiger partial charge < -0.3 is 19.4 Å². The first-order valence-corrected chi connectivity index (χ1v) is 11.5. The highest BCUT2D eigenvalue weighted by atomic mass is 32.2. The molecule has 0 spiro atoms. The first-order valence-electron chi connectivity index (χ1n) is 10.3. The Labute approximate surface area is 186 Å². The number of ether oxygens (including phenoxy) is 1. The lowest BCUT2D eigenvalue weighted by Crippen LogP contribution is -2.48. The van der Waals surface area contributed by atoms with Crippen LogP contribution in [0.15, 0.2) is 52.1 Å². The van der Waals surface area contributed by atoms with Crippen molar-refractivity contribution in [2.24, 2.45) is 0 Å². The molecule has 1 aliphatic rings. The maximum atomic E-state index is 13.2. The van der Waals surface area contributed by atoms with Gasteiger partial charge in [-0.05, 0) is 50.3 Å². The first kappa shape index (κ1) is 21.2. The van der Waals surface area contributed by atoms with Crippen LogP contribution in [-0.2, 0) is 0 Å². The van der Waals surface area contributed by atoms with Crippen molar-refractivity contribution in [3.8, 4) is 17.3 Å². The summed E-state index contributed by atoms with van der Waals surface area (Å²) in [5.41, 5.74) is 2.22. The lowest BCUT2D eigenvalue weighted by Gasteiger charge is -2.35. The van der Waals surface area contributed by atoms with Crippen LogP contribution in [0.1, 0.15) is 28.9 Å². The summed E-state index contributed by atoms with van der Waals surface area (Å²) < 4.78 is 10.9. The molecule has 4 rings (SSSR count). The van der Waals surface area contributed by atoms with Crippen LogP contribution in [0.5, 0.6) is 5.75 Å². The lowest BCUT2D eigenvalue weighted by molar-refractivity contribution is 0.0928. The smallest absolute Gasteiger partial charge is 0.256 e. The number of hydrogen-bond acceptors (Lipinski definition) is 7. The number of carbonyl (C=O) groups excluding carboxylic acids is 1. The quantitative estimate of drug-likeness (QED) is 0.457.